The number of nitrogens with zero attached hydrogens (tertiary/aromatic N) is 1. The zero-order valence-electron chi connectivity index (χ0n) is 14.1. The monoisotopic (exact) mass is 308 g/mol. The Kier molecular flexibility index (Phi) is 3.20. The van der Waals surface area contributed by atoms with E-state index in [4.69, 9.17) is 5.41 Å². The van der Waals surface area contributed by atoms with Crippen molar-refractivity contribution in [3.05, 3.63) is 35.4 Å². The number of hydrogen-bond acceptors (Lipinski definition) is 2. The fourth-order valence-electron chi connectivity index (χ4n) is 6.32. The minimum Gasteiger partial charge on any atom is -0.305 e. The van der Waals surface area contributed by atoms with Crippen molar-refractivity contribution in [3.8, 4) is 0 Å². The van der Waals surface area contributed by atoms with Gasteiger partial charge < -0.3 is 10.3 Å². The van der Waals surface area contributed by atoms with Crippen molar-refractivity contribution in [2.24, 2.45) is 11.8 Å². The Hall–Kier alpha value is -1.15. The molecule has 1 aliphatic heterocycles. The molecule has 2 heteroatoms. The Morgan fingerprint density at radius 2 is 1.78 bits per heavy atom. The molecule has 23 heavy (non-hydrogen) atoms. The molecule has 1 N–H and O–H groups in total. The van der Waals surface area contributed by atoms with Crippen LogP contribution >= 0.6 is 0 Å². The normalized spacial score (nSPS) is 35.7. The van der Waals surface area contributed by atoms with E-state index < -0.39 is 0 Å². The highest BCUT2D eigenvalue weighted by molar-refractivity contribution is 6.04. The lowest BCUT2D eigenvalue weighted by Gasteiger charge is -2.46. The van der Waals surface area contributed by atoms with Gasteiger partial charge in [0.15, 0.2) is 0 Å². The van der Waals surface area contributed by atoms with Crippen LogP contribution in [0.2, 0.25) is 0 Å². The van der Waals surface area contributed by atoms with E-state index in [0.29, 0.717) is 0 Å². The van der Waals surface area contributed by atoms with Gasteiger partial charge in [-0.3, -0.25) is 0 Å². The molecule has 1 heterocycles. The van der Waals surface area contributed by atoms with Crippen LogP contribution in [-0.4, -0.2) is 29.7 Å². The number of rotatable bonds is 1. The third kappa shape index (κ3) is 2.14. The number of likely N-dealkylation sites (tertiary alicyclic amines) is 1. The van der Waals surface area contributed by atoms with Crippen molar-refractivity contribution in [3.63, 3.8) is 0 Å². The molecule has 5 rings (SSSR count). The average Bonchev–Trinajstić information content (AvgIpc) is 3.09. The predicted molar refractivity (Wildman–Crippen MR) is 94.2 cm³/mol. The summed E-state index contributed by atoms with van der Waals surface area (Å²) in [6, 6.07) is 9.61. The van der Waals surface area contributed by atoms with Crippen LogP contribution in [0, 0.1) is 17.2 Å². The Balaban J connectivity index is 1.34. The first kappa shape index (κ1) is 14.2. The fourth-order valence-corrected chi connectivity index (χ4v) is 6.32. The van der Waals surface area contributed by atoms with Gasteiger partial charge in [0, 0.05) is 17.2 Å². The minimum atomic E-state index is 0.289. The summed E-state index contributed by atoms with van der Waals surface area (Å²) in [7, 11) is 0. The van der Waals surface area contributed by atoms with Crippen molar-refractivity contribution >= 4 is 5.71 Å². The third-order valence-electron chi connectivity index (χ3n) is 7.56. The maximum absolute atomic E-state index is 8.39. The molecular weight excluding hydrogens is 280 g/mol. The predicted octanol–water partition coefficient (Wildman–Crippen LogP) is 4.37. The summed E-state index contributed by atoms with van der Waals surface area (Å²) >= 11 is 0. The van der Waals surface area contributed by atoms with E-state index in [1.165, 1.54) is 69.2 Å². The summed E-state index contributed by atoms with van der Waals surface area (Å²) in [5.41, 5.74) is 3.88. The lowest BCUT2D eigenvalue weighted by Crippen LogP contribution is -2.49. The number of benzene rings is 1. The van der Waals surface area contributed by atoms with Gasteiger partial charge in [-0.2, -0.15) is 0 Å². The van der Waals surface area contributed by atoms with Crippen molar-refractivity contribution in [2.75, 3.05) is 13.1 Å². The standard InChI is InChI=1S/C21H28N2/c22-19-14-21(18-4-2-1-3-17(18)19)9-11-23(12-10-21)20-8-6-15-5-7-16(20)13-15/h1-4,15-16,20,22H,5-14H2. The van der Waals surface area contributed by atoms with E-state index in [1.807, 2.05) is 0 Å². The van der Waals surface area contributed by atoms with Gasteiger partial charge in [-0.25, -0.2) is 0 Å². The topological polar surface area (TPSA) is 27.1 Å². The summed E-state index contributed by atoms with van der Waals surface area (Å²) in [4.78, 5) is 2.84. The smallest absolute Gasteiger partial charge is 0.0398 e. The largest absolute Gasteiger partial charge is 0.305 e. The molecule has 3 aliphatic carbocycles. The molecule has 3 unspecified atom stereocenters. The van der Waals surface area contributed by atoms with Crippen LogP contribution in [0.3, 0.4) is 0 Å². The molecule has 2 saturated carbocycles. The van der Waals surface area contributed by atoms with Gasteiger partial charge in [-0.15, -0.1) is 0 Å². The van der Waals surface area contributed by atoms with Crippen LogP contribution in [0.25, 0.3) is 0 Å². The second-order valence-electron chi connectivity index (χ2n) is 8.60. The van der Waals surface area contributed by atoms with E-state index >= 15 is 0 Å². The fraction of sp³-hybridized carbons (Fsp3) is 0.667. The molecule has 4 aliphatic rings. The highest BCUT2D eigenvalue weighted by Gasteiger charge is 2.46. The van der Waals surface area contributed by atoms with E-state index in [1.54, 1.807) is 0 Å². The number of piperidine rings is 1. The first-order valence-electron chi connectivity index (χ1n) is 9.67. The van der Waals surface area contributed by atoms with E-state index in [2.05, 4.69) is 29.2 Å². The molecule has 2 bridgehead atoms. The molecular formula is C21H28N2. The zero-order valence-corrected chi connectivity index (χ0v) is 14.1. The number of nitrogens with one attached hydrogen (secondary N) is 1. The van der Waals surface area contributed by atoms with Gasteiger partial charge in [0.2, 0.25) is 0 Å². The molecule has 0 amide bonds. The van der Waals surface area contributed by atoms with Gasteiger partial charge in [-0.05, 0) is 81.0 Å². The summed E-state index contributed by atoms with van der Waals surface area (Å²) in [6.07, 6.45) is 11.0. The highest BCUT2D eigenvalue weighted by Crippen LogP contribution is 2.49. The molecule has 122 valence electrons. The molecule has 1 saturated heterocycles. The van der Waals surface area contributed by atoms with E-state index in [-0.39, 0.29) is 5.41 Å². The molecule has 1 aromatic rings. The molecule has 0 aromatic heterocycles. The van der Waals surface area contributed by atoms with Gasteiger partial charge in [-0.1, -0.05) is 30.7 Å². The lowest BCUT2D eigenvalue weighted by atomic mass is 9.72. The van der Waals surface area contributed by atoms with Crippen LogP contribution < -0.4 is 0 Å². The van der Waals surface area contributed by atoms with Crippen LogP contribution in [0.15, 0.2) is 24.3 Å². The van der Waals surface area contributed by atoms with Gasteiger partial charge >= 0.3 is 0 Å². The average molecular weight is 308 g/mol. The molecule has 1 aromatic carbocycles. The summed E-state index contributed by atoms with van der Waals surface area (Å²) < 4.78 is 0. The third-order valence-corrected chi connectivity index (χ3v) is 7.56. The van der Waals surface area contributed by atoms with Crippen molar-refractivity contribution in [1.29, 1.82) is 5.41 Å². The van der Waals surface area contributed by atoms with Crippen LogP contribution in [-0.2, 0) is 5.41 Å². The van der Waals surface area contributed by atoms with Crippen LogP contribution in [0.5, 0.6) is 0 Å². The SMILES string of the molecule is N=C1CC2(CCN(C3CCC4CCC3C4)CC2)c2ccccc21. The van der Waals surface area contributed by atoms with Crippen molar-refractivity contribution in [1.82, 2.24) is 4.90 Å². The summed E-state index contributed by atoms with van der Waals surface area (Å²) in [6.45, 7) is 2.51. The Morgan fingerprint density at radius 1 is 1.00 bits per heavy atom. The number of fused-ring (bicyclic) bond motifs is 4. The summed E-state index contributed by atoms with van der Waals surface area (Å²) in [5, 5.41) is 8.39. The van der Waals surface area contributed by atoms with E-state index in [9.17, 15) is 0 Å². The maximum atomic E-state index is 8.39. The molecule has 3 fully saturated rings. The second kappa shape index (κ2) is 5.17. The van der Waals surface area contributed by atoms with Crippen molar-refractivity contribution in [2.45, 2.75) is 62.8 Å². The van der Waals surface area contributed by atoms with Crippen LogP contribution in [0.1, 0.15) is 62.5 Å². The Morgan fingerprint density at radius 3 is 2.65 bits per heavy atom. The van der Waals surface area contributed by atoms with Crippen molar-refractivity contribution < 1.29 is 0 Å². The molecule has 1 spiro atoms. The highest BCUT2D eigenvalue weighted by atomic mass is 15.2. The van der Waals surface area contributed by atoms with Gasteiger partial charge in [0.25, 0.3) is 0 Å². The van der Waals surface area contributed by atoms with E-state index in [0.717, 1.165) is 30.0 Å². The Bertz CT molecular complexity index is 626. The zero-order chi connectivity index (χ0) is 15.4. The van der Waals surface area contributed by atoms with Gasteiger partial charge in [0.1, 0.15) is 0 Å². The Labute approximate surface area is 139 Å². The first-order valence-corrected chi connectivity index (χ1v) is 9.67. The quantitative estimate of drug-likeness (QED) is 0.819. The molecule has 0 radical (unpaired) electrons. The maximum Gasteiger partial charge on any atom is 0.0398 e. The summed E-state index contributed by atoms with van der Waals surface area (Å²) in [5.74, 6) is 2.06. The minimum absolute atomic E-state index is 0.289. The molecule has 3 atom stereocenters. The van der Waals surface area contributed by atoms with Crippen LogP contribution in [0.4, 0.5) is 0 Å². The van der Waals surface area contributed by atoms with Gasteiger partial charge in [0.05, 0.1) is 0 Å². The lowest BCUT2D eigenvalue weighted by molar-refractivity contribution is 0.0650. The first-order chi connectivity index (χ1) is 11.3. The molecule has 2 nitrogen and oxygen atoms in total. The number of hydrogen-bond donors (Lipinski definition) is 1. The second-order valence-corrected chi connectivity index (χ2v) is 8.60.